The number of amides is 1. The van der Waals surface area contributed by atoms with Crippen molar-refractivity contribution in [1.82, 2.24) is 14.9 Å². The normalized spacial score (nSPS) is 16.2. The van der Waals surface area contributed by atoms with Gasteiger partial charge in [0.15, 0.2) is 11.6 Å². The molecule has 150 valence electrons. The van der Waals surface area contributed by atoms with E-state index in [4.69, 9.17) is 11.5 Å². The highest BCUT2D eigenvalue weighted by atomic mass is 19.2. The molecule has 1 aromatic heterocycles. The maximum Gasteiger partial charge on any atom is 0.257 e. The van der Waals surface area contributed by atoms with Crippen molar-refractivity contribution in [3.8, 4) is 0 Å². The lowest BCUT2D eigenvalue weighted by Crippen LogP contribution is -2.44. The summed E-state index contributed by atoms with van der Waals surface area (Å²) in [7, 11) is 0. The number of halogens is 3. The number of nitrogens with two attached hydrogens (primary N) is 2. The molecule has 1 aliphatic rings. The van der Waals surface area contributed by atoms with E-state index in [0.717, 1.165) is 6.07 Å². The Morgan fingerprint density at radius 3 is 2.50 bits per heavy atom. The highest BCUT2D eigenvalue weighted by Crippen LogP contribution is 2.25. The first-order valence-corrected chi connectivity index (χ1v) is 9.03. The minimum absolute atomic E-state index is 0.0420. The Labute approximate surface area is 160 Å². The van der Waals surface area contributed by atoms with Crippen LogP contribution in [0.25, 0.3) is 0 Å². The van der Waals surface area contributed by atoms with Gasteiger partial charge >= 0.3 is 0 Å². The van der Waals surface area contributed by atoms with Crippen LogP contribution in [0.15, 0.2) is 18.3 Å². The van der Waals surface area contributed by atoms with E-state index in [1.54, 1.807) is 11.8 Å². The van der Waals surface area contributed by atoms with Crippen molar-refractivity contribution < 1.29 is 18.0 Å². The molecule has 2 aromatic rings. The van der Waals surface area contributed by atoms with Crippen molar-refractivity contribution in [3.63, 3.8) is 0 Å². The predicted molar refractivity (Wildman–Crippen MR) is 97.8 cm³/mol. The fourth-order valence-electron chi connectivity index (χ4n) is 3.54. The van der Waals surface area contributed by atoms with E-state index in [1.165, 1.54) is 6.20 Å². The van der Waals surface area contributed by atoms with Crippen molar-refractivity contribution in [2.45, 2.75) is 32.2 Å². The minimum Gasteiger partial charge on any atom is -0.368 e. The van der Waals surface area contributed by atoms with Crippen LogP contribution in [0.5, 0.6) is 0 Å². The predicted octanol–water partition coefficient (Wildman–Crippen LogP) is 2.21. The maximum absolute atomic E-state index is 13.8. The average Bonchev–Trinajstić information content (AvgIpc) is 2.65. The highest BCUT2D eigenvalue weighted by Gasteiger charge is 2.29. The van der Waals surface area contributed by atoms with E-state index in [-0.39, 0.29) is 29.8 Å². The van der Waals surface area contributed by atoms with E-state index >= 15 is 0 Å². The lowest BCUT2D eigenvalue weighted by atomic mass is 9.86. The highest BCUT2D eigenvalue weighted by molar-refractivity contribution is 5.95. The van der Waals surface area contributed by atoms with Crippen LogP contribution >= 0.6 is 0 Å². The van der Waals surface area contributed by atoms with Gasteiger partial charge in [-0.05, 0) is 43.7 Å². The molecule has 0 bridgehead atoms. The summed E-state index contributed by atoms with van der Waals surface area (Å²) in [6, 6.07) is 0.973. The monoisotopic (exact) mass is 393 g/mol. The lowest BCUT2D eigenvalue weighted by molar-refractivity contribution is 0.0676. The smallest absolute Gasteiger partial charge is 0.257 e. The Morgan fingerprint density at radius 1 is 1.21 bits per heavy atom. The molecule has 0 saturated carbocycles. The van der Waals surface area contributed by atoms with Gasteiger partial charge in [0.1, 0.15) is 5.82 Å². The van der Waals surface area contributed by atoms with E-state index in [1.807, 2.05) is 0 Å². The fourth-order valence-corrected chi connectivity index (χ4v) is 3.54. The Morgan fingerprint density at radius 2 is 1.86 bits per heavy atom. The van der Waals surface area contributed by atoms with Crippen LogP contribution in [-0.4, -0.2) is 39.9 Å². The van der Waals surface area contributed by atoms with E-state index < -0.39 is 23.5 Å². The van der Waals surface area contributed by atoms with Gasteiger partial charge in [0.25, 0.3) is 5.91 Å². The van der Waals surface area contributed by atoms with E-state index in [2.05, 4.69) is 9.97 Å². The Bertz CT molecular complexity index is 884. The van der Waals surface area contributed by atoms with Crippen LogP contribution in [0.4, 0.5) is 19.1 Å². The van der Waals surface area contributed by atoms with Crippen LogP contribution in [-0.2, 0) is 6.42 Å². The van der Waals surface area contributed by atoms with Crippen molar-refractivity contribution in [3.05, 3.63) is 52.6 Å². The molecule has 1 saturated heterocycles. The first kappa shape index (κ1) is 20.1. The molecule has 0 unspecified atom stereocenters. The second-order valence-electron chi connectivity index (χ2n) is 7.08. The van der Waals surface area contributed by atoms with Crippen molar-refractivity contribution in [2.75, 3.05) is 18.8 Å². The molecule has 1 aliphatic heterocycles. The number of carbonyl (C=O) groups is 1. The van der Waals surface area contributed by atoms with Gasteiger partial charge in [-0.25, -0.2) is 23.1 Å². The third kappa shape index (κ3) is 4.24. The SMILES string of the molecule is Cc1nc(N)ncc1C(=O)N1CCC([C@H](N)Cc2cc(F)c(F)cc2F)CC1. The van der Waals surface area contributed by atoms with E-state index in [0.29, 0.717) is 43.3 Å². The average molecular weight is 393 g/mol. The van der Waals surface area contributed by atoms with E-state index in [9.17, 15) is 18.0 Å². The van der Waals surface area contributed by atoms with Crippen LogP contribution in [0, 0.1) is 30.3 Å². The number of rotatable bonds is 4. The zero-order valence-electron chi connectivity index (χ0n) is 15.5. The van der Waals surface area contributed by atoms with Gasteiger partial charge in [-0.15, -0.1) is 0 Å². The number of anilines is 1. The molecule has 0 spiro atoms. The number of hydrogen-bond donors (Lipinski definition) is 2. The van der Waals surface area contributed by atoms with Crippen LogP contribution < -0.4 is 11.5 Å². The summed E-state index contributed by atoms with van der Waals surface area (Å²) >= 11 is 0. The molecule has 3 rings (SSSR count). The number of carbonyl (C=O) groups excluding carboxylic acids is 1. The number of nitrogen functional groups attached to an aromatic ring is 1. The summed E-state index contributed by atoms with van der Waals surface area (Å²) in [5.74, 6) is -3.13. The number of hydrogen-bond acceptors (Lipinski definition) is 5. The minimum atomic E-state index is -1.22. The largest absolute Gasteiger partial charge is 0.368 e. The molecule has 2 heterocycles. The van der Waals surface area contributed by atoms with Crippen LogP contribution in [0.2, 0.25) is 0 Å². The Balaban J connectivity index is 1.60. The summed E-state index contributed by atoms with van der Waals surface area (Å²) < 4.78 is 40.3. The molecule has 6 nitrogen and oxygen atoms in total. The zero-order valence-corrected chi connectivity index (χ0v) is 15.5. The molecule has 1 aromatic carbocycles. The quantitative estimate of drug-likeness (QED) is 0.776. The molecule has 1 fully saturated rings. The molecule has 1 amide bonds. The summed E-state index contributed by atoms with van der Waals surface area (Å²) in [5.41, 5.74) is 12.7. The standard InChI is InChI=1S/C19H22F3N5O/c1-10-13(9-25-19(24)26-10)18(28)27-4-2-11(3-5-27)17(23)7-12-6-15(21)16(22)8-14(12)20/h6,8-9,11,17H,2-5,7,23H2,1H3,(H2,24,25,26)/t17-/m1/s1. The van der Waals surface area contributed by atoms with Gasteiger partial charge in [-0.3, -0.25) is 4.79 Å². The van der Waals surface area contributed by atoms with Crippen LogP contribution in [0.3, 0.4) is 0 Å². The third-order valence-corrected chi connectivity index (χ3v) is 5.21. The van der Waals surface area contributed by atoms with Gasteiger partial charge in [0.05, 0.1) is 11.3 Å². The number of nitrogens with zero attached hydrogens (tertiary/aromatic N) is 3. The molecular weight excluding hydrogens is 371 g/mol. The number of aromatic nitrogens is 2. The van der Waals surface area contributed by atoms with Gasteiger partial charge in [0.2, 0.25) is 5.95 Å². The number of benzene rings is 1. The molecule has 9 heteroatoms. The maximum atomic E-state index is 13.8. The zero-order chi connectivity index (χ0) is 20.4. The van der Waals surface area contributed by atoms with Crippen LogP contribution in [0.1, 0.15) is 34.5 Å². The molecule has 28 heavy (non-hydrogen) atoms. The van der Waals surface area contributed by atoms with Crippen molar-refractivity contribution in [1.29, 1.82) is 0 Å². The summed E-state index contributed by atoms with van der Waals surface area (Å²) in [5, 5.41) is 0. The fraction of sp³-hybridized carbons (Fsp3) is 0.421. The third-order valence-electron chi connectivity index (χ3n) is 5.21. The number of likely N-dealkylation sites (tertiary alicyclic amines) is 1. The summed E-state index contributed by atoms with van der Waals surface area (Å²) in [4.78, 5) is 22.2. The molecule has 0 radical (unpaired) electrons. The molecule has 0 aliphatic carbocycles. The van der Waals surface area contributed by atoms with Crippen molar-refractivity contribution in [2.24, 2.45) is 11.7 Å². The second kappa shape index (κ2) is 8.14. The topological polar surface area (TPSA) is 98.1 Å². The van der Waals surface area contributed by atoms with Gasteiger partial charge in [-0.1, -0.05) is 0 Å². The number of aryl methyl sites for hydroxylation is 1. The number of piperidine rings is 1. The van der Waals surface area contributed by atoms with Gasteiger partial charge in [0, 0.05) is 31.4 Å². The van der Waals surface area contributed by atoms with Gasteiger partial charge < -0.3 is 16.4 Å². The Kier molecular flexibility index (Phi) is 5.83. The van der Waals surface area contributed by atoms with Crippen molar-refractivity contribution >= 4 is 11.9 Å². The van der Waals surface area contributed by atoms with Gasteiger partial charge in [-0.2, -0.15) is 0 Å². The lowest BCUT2D eigenvalue weighted by Gasteiger charge is -2.35. The summed E-state index contributed by atoms with van der Waals surface area (Å²) in [6.45, 7) is 2.67. The Hall–Kier alpha value is -2.68. The molecule has 4 N–H and O–H groups in total. The first-order chi connectivity index (χ1) is 13.3. The summed E-state index contributed by atoms with van der Waals surface area (Å²) in [6.07, 6.45) is 2.79. The molecule has 1 atom stereocenters. The second-order valence-corrected chi connectivity index (χ2v) is 7.08. The first-order valence-electron chi connectivity index (χ1n) is 9.03. The molecular formula is C19H22F3N5O.